The fourth-order valence-corrected chi connectivity index (χ4v) is 2.81. The van der Waals surface area contributed by atoms with Gasteiger partial charge in [0.15, 0.2) is 22.7 Å². The van der Waals surface area contributed by atoms with Crippen LogP contribution < -0.4 is 21.4 Å². The molecule has 0 bridgehead atoms. The Bertz CT molecular complexity index is 1200. The molecular formula is C18H20N6O4. The summed E-state index contributed by atoms with van der Waals surface area (Å²) in [7, 11) is 4.40. The van der Waals surface area contributed by atoms with Gasteiger partial charge < -0.3 is 9.84 Å². The summed E-state index contributed by atoms with van der Waals surface area (Å²) < 4.78 is 8.95. The van der Waals surface area contributed by atoms with Crippen LogP contribution in [0.2, 0.25) is 0 Å². The molecule has 0 saturated heterocycles. The first kappa shape index (κ1) is 19.0. The number of aromatic hydroxyl groups is 1. The van der Waals surface area contributed by atoms with Crippen molar-refractivity contribution >= 4 is 23.3 Å². The van der Waals surface area contributed by atoms with Crippen LogP contribution in [0.4, 0.5) is 5.95 Å². The fraction of sp³-hybridized carbons (Fsp3) is 0.222. The molecule has 0 aliphatic heterocycles. The molecule has 146 valence electrons. The van der Waals surface area contributed by atoms with Crippen molar-refractivity contribution in [1.82, 2.24) is 18.7 Å². The van der Waals surface area contributed by atoms with Gasteiger partial charge in [0, 0.05) is 26.2 Å². The zero-order chi connectivity index (χ0) is 20.4. The Morgan fingerprint density at radius 3 is 2.75 bits per heavy atom. The van der Waals surface area contributed by atoms with Crippen molar-refractivity contribution < 1.29 is 9.84 Å². The number of benzene rings is 1. The number of imidazole rings is 1. The molecule has 0 unspecified atom stereocenters. The Morgan fingerprint density at radius 2 is 2.07 bits per heavy atom. The number of phenolic OH excluding ortho intramolecular Hbond substituents is 1. The highest BCUT2D eigenvalue weighted by atomic mass is 16.5. The van der Waals surface area contributed by atoms with Gasteiger partial charge in [-0.25, -0.2) is 10.2 Å². The molecule has 0 atom stereocenters. The number of hydrogen-bond acceptors (Lipinski definition) is 7. The van der Waals surface area contributed by atoms with E-state index in [2.05, 4.69) is 22.1 Å². The lowest BCUT2D eigenvalue weighted by atomic mass is 10.2. The molecule has 2 heterocycles. The zero-order valence-corrected chi connectivity index (χ0v) is 15.7. The molecule has 10 nitrogen and oxygen atoms in total. The standard InChI is InChI=1S/C18H20N6O4/c1-5-9-24-13-15(22(2)18(27)23(3)16(13)26)20-17(24)21-19-10-11-7-6-8-12(28-4)14(11)25/h5-8,10,25H,1,9H2,2-4H3,(H,20,21)/b19-10-. The largest absolute Gasteiger partial charge is 0.504 e. The molecule has 28 heavy (non-hydrogen) atoms. The van der Waals surface area contributed by atoms with Crippen molar-refractivity contribution in [2.24, 2.45) is 19.2 Å². The summed E-state index contributed by atoms with van der Waals surface area (Å²) in [5.74, 6) is 0.527. The molecule has 0 spiro atoms. The van der Waals surface area contributed by atoms with Crippen LogP contribution in [0.1, 0.15) is 5.56 Å². The normalized spacial score (nSPS) is 11.2. The Kier molecular flexibility index (Phi) is 5.03. The molecule has 1 aromatic carbocycles. The summed E-state index contributed by atoms with van der Waals surface area (Å²) in [5.41, 5.74) is 2.74. The van der Waals surface area contributed by atoms with E-state index in [-0.39, 0.29) is 29.4 Å². The minimum atomic E-state index is -0.475. The number of methoxy groups -OCH3 is 1. The summed E-state index contributed by atoms with van der Waals surface area (Å²) in [6.07, 6.45) is 3.00. The molecule has 3 rings (SSSR count). The average molecular weight is 384 g/mol. The number of nitrogens with one attached hydrogen (secondary N) is 1. The molecule has 2 N–H and O–H groups in total. The van der Waals surface area contributed by atoms with Crippen molar-refractivity contribution in [3.63, 3.8) is 0 Å². The number of aromatic nitrogens is 4. The van der Waals surface area contributed by atoms with Gasteiger partial charge in [-0.3, -0.25) is 18.5 Å². The van der Waals surface area contributed by atoms with Gasteiger partial charge in [-0.2, -0.15) is 10.1 Å². The van der Waals surface area contributed by atoms with E-state index in [9.17, 15) is 14.7 Å². The molecule has 3 aromatic rings. The molecule has 0 saturated carbocycles. The van der Waals surface area contributed by atoms with Gasteiger partial charge in [0.25, 0.3) is 5.56 Å². The van der Waals surface area contributed by atoms with Crippen LogP contribution in [0.3, 0.4) is 0 Å². The highest BCUT2D eigenvalue weighted by molar-refractivity contribution is 5.85. The van der Waals surface area contributed by atoms with Crippen molar-refractivity contribution in [3.05, 3.63) is 57.3 Å². The van der Waals surface area contributed by atoms with Crippen LogP contribution in [0, 0.1) is 0 Å². The predicted octanol–water partition coefficient (Wildman–Crippen LogP) is 0.780. The molecule has 2 aromatic heterocycles. The van der Waals surface area contributed by atoms with Gasteiger partial charge in [-0.15, -0.1) is 6.58 Å². The minimum absolute atomic E-state index is 0.0496. The smallest absolute Gasteiger partial charge is 0.332 e. The summed E-state index contributed by atoms with van der Waals surface area (Å²) in [6.45, 7) is 3.98. The van der Waals surface area contributed by atoms with Crippen LogP contribution in [-0.4, -0.2) is 37.1 Å². The van der Waals surface area contributed by atoms with Crippen LogP contribution in [0.5, 0.6) is 11.5 Å². The van der Waals surface area contributed by atoms with E-state index in [1.165, 1.54) is 32.0 Å². The van der Waals surface area contributed by atoms with Crippen LogP contribution >= 0.6 is 0 Å². The van der Waals surface area contributed by atoms with Gasteiger partial charge in [0.2, 0.25) is 5.95 Å². The fourth-order valence-electron chi connectivity index (χ4n) is 2.81. The first-order valence-electron chi connectivity index (χ1n) is 8.32. The third kappa shape index (κ3) is 3.04. The van der Waals surface area contributed by atoms with E-state index < -0.39 is 11.2 Å². The first-order valence-corrected chi connectivity index (χ1v) is 8.32. The van der Waals surface area contributed by atoms with Gasteiger partial charge in [0.05, 0.1) is 13.3 Å². The van der Waals surface area contributed by atoms with E-state index in [4.69, 9.17) is 4.74 Å². The number of allylic oxidation sites excluding steroid dienone is 1. The van der Waals surface area contributed by atoms with Crippen LogP contribution in [0.25, 0.3) is 11.2 Å². The Hall–Kier alpha value is -3.82. The van der Waals surface area contributed by atoms with Gasteiger partial charge in [-0.05, 0) is 12.1 Å². The lowest BCUT2D eigenvalue weighted by Gasteiger charge is -2.07. The highest BCUT2D eigenvalue weighted by Crippen LogP contribution is 2.28. The summed E-state index contributed by atoms with van der Waals surface area (Å²) in [5, 5.41) is 14.2. The second-order valence-corrected chi connectivity index (χ2v) is 5.98. The number of hydrazone groups is 1. The third-order valence-electron chi connectivity index (χ3n) is 4.28. The minimum Gasteiger partial charge on any atom is -0.504 e. The summed E-state index contributed by atoms with van der Waals surface area (Å²) in [4.78, 5) is 29.0. The Balaban J connectivity index is 2.06. The number of phenols is 1. The monoisotopic (exact) mass is 384 g/mol. The molecule has 0 aliphatic carbocycles. The van der Waals surface area contributed by atoms with E-state index >= 15 is 0 Å². The van der Waals surface area contributed by atoms with E-state index in [1.807, 2.05) is 0 Å². The maximum absolute atomic E-state index is 12.6. The van der Waals surface area contributed by atoms with Crippen molar-refractivity contribution in [3.8, 4) is 11.5 Å². The number of anilines is 1. The van der Waals surface area contributed by atoms with E-state index in [0.29, 0.717) is 11.3 Å². The molecular weight excluding hydrogens is 364 g/mol. The van der Waals surface area contributed by atoms with E-state index in [1.54, 1.807) is 28.8 Å². The summed E-state index contributed by atoms with van der Waals surface area (Å²) >= 11 is 0. The van der Waals surface area contributed by atoms with Crippen molar-refractivity contribution in [2.45, 2.75) is 6.54 Å². The lowest BCUT2D eigenvalue weighted by Crippen LogP contribution is -2.37. The quantitative estimate of drug-likeness (QED) is 0.369. The number of hydrogen-bond donors (Lipinski definition) is 2. The molecule has 10 heteroatoms. The molecule has 0 fully saturated rings. The predicted molar refractivity (Wildman–Crippen MR) is 106 cm³/mol. The molecule has 0 aliphatic rings. The van der Waals surface area contributed by atoms with Crippen LogP contribution in [-0.2, 0) is 20.6 Å². The SMILES string of the molecule is C=CCn1c(N/N=C\c2cccc(OC)c2O)nc2c1c(=O)n(C)c(=O)n2C. The van der Waals surface area contributed by atoms with Gasteiger partial charge in [-0.1, -0.05) is 12.1 Å². The van der Waals surface area contributed by atoms with Crippen molar-refractivity contribution in [1.29, 1.82) is 0 Å². The number of para-hydroxylation sites is 1. The second-order valence-electron chi connectivity index (χ2n) is 5.98. The number of aryl methyl sites for hydroxylation is 1. The first-order chi connectivity index (χ1) is 13.4. The average Bonchev–Trinajstić information content (AvgIpc) is 3.05. The zero-order valence-electron chi connectivity index (χ0n) is 15.7. The van der Waals surface area contributed by atoms with Gasteiger partial charge in [0.1, 0.15) is 0 Å². The van der Waals surface area contributed by atoms with Gasteiger partial charge >= 0.3 is 5.69 Å². The maximum atomic E-state index is 12.6. The third-order valence-corrected chi connectivity index (χ3v) is 4.28. The maximum Gasteiger partial charge on any atom is 0.332 e. The second kappa shape index (κ2) is 7.43. The molecule has 0 amide bonds. The van der Waals surface area contributed by atoms with E-state index in [0.717, 1.165) is 4.57 Å². The number of rotatable bonds is 6. The molecule has 0 radical (unpaired) electrons. The Morgan fingerprint density at radius 1 is 1.32 bits per heavy atom. The number of ether oxygens (including phenoxy) is 1. The topological polar surface area (TPSA) is 116 Å². The lowest BCUT2D eigenvalue weighted by molar-refractivity contribution is 0.373. The number of nitrogens with zero attached hydrogens (tertiary/aromatic N) is 5. The Labute approximate surface area is 159 Å². The van der Waals surface area contributed by atoms with Crippen LogP contribution in [0.15, 0.2) is 45.5 Å². The highest BCUT2D eigenvalue weighted by Gasteiger charge is 2.18. The summed E-state index contributed by atoms with van der Waals surface area (Å²) in [6, 6.07) is 5.00. The van der Waals surface area contributed by atoms with Crippen molar-refractivity contribution in [2.75, 3.05) is 12.5 Å². The number of fused-ring (bicyclic) bond motifs is 1.